The van der Waals surface area contributed by atoms with Crippen LogP contribution in [0.4, 0.5) is 0 Å². The van der Waals surface area contributed by atoms with Crippen molar-refractivity contribution in [3.63, 3.8) is 0 Å². The van der Waals surface area contributed by atoms with Gasteiger partial charge in [0, 0.05) is 30.4 Å². The van der Waals surface area contributed by atoms with E-state index in [9.17, 15) is 9.59 Å². The summed E-state index contributed by atoms with van der Waals surface area (Å²) in [4.78, 5) is 36.5. The SMILES string of the molecule is Cc1cc(-c2cnc(C)nc2C2CCC(CNC(=O)c3cc(C)c(C)[nH]c3=O)CC2)on1. The molecule has 32 heavy (non-hydrogen) atoms. The lowest BCUT2D eigenvalue weighted by Gasteiger charge is -2.29. The maximum absolute atomic E-state index is 12.5. The number of aromatic amines is 1. The van der Waals surface area contributed by atoms with Crippen molar-refractivity contribution in [3.05, 3.63) is 62.7 Å². The molecule has 0 unspecified atom stereocenters. The van der Waals surface area contributed by atoms with Crippen LogP contribution in [0.2, 0.25) is 0 Å². The molecule has 168 valence electrons. The third-order valence-electron chi connectivity index (χ3n) is 6.36. The predicted molar refractivity (Wildman–Crippen MR) is 121 cm³/mol. The standard InChI is InChI=1S/C24H29N5O3/c1-13-9-19(24(31)27-15(13)3)23(30)26-11-17-5-7-18(8-6-17)22-20(12-25-16(4)28-22)21-10-14(2)29-32-21/h9-10,12,17-18H,5-8,11H2,1-4H3,(H,26,30)(H,27,31). The second-order valence-electron chi connectivity index (χ2n) is 8.80. The second kappa shape index (κ2) is 9.06. The zero-order valence-corrected chi connectivity index (χ0v) is 19.0. The van der Waals surface area contributed by atoms with Crippen molar-refractivity contribution in [1.82, 2.24) is 25.4 Å². The molecule has 0 spiro atoms. The number of carbonyl (C=O) groups excluding carboxylic acids is 1. The van der Waals surface area contributed by atoms with Gasteiger partial charge in [-0.2, -0.15) is 0 Å². The molecule has 3 aromatic rings. The fourth-order valence-corrected chi connectivity index (χ4v) is 4.35. The Morgan fingerprint density at radius 1 is 1.16 bits per heavy atom. The quantitative estimate of drug-likeness (QED) is 0.631. The minimum atomic E-state index is -0.344. The van der Waals surface area contributed by atoms with Gasteiger partial charge in [0.2, 0.25) is 0 Å². The van der Waals surface area contributed by atoms with E-state index in [0.717, 1.165) is 59.7 Å². The summed E-state index contributed by atoms with van der Waals surface area (Å²) in [6.07, 6.45) is 5.73. The van der Waals surface area contributed by atoms with Crippen molar-refractivity contribution in [2.24, 2.45) is 5.92 Å². The van der Waals surface area contributed by atoms with Crippen LogP contribution in [0.15, 0.2) is 27.6 Å². The first-order valence-corrected chi connectivity index (χ1v) is 11.1. The number of hydrogen-bond acceptors (Lipinski definition) is 6. The summed E-state index contributed by atoms with van der Waals surface area (Å²) >= 11 is 0. The third-order valence-corrected chi connectivity index (χ3v) is 6.36. The summed E-state index contributed by atoms with van der Waals surface area (Å²) in [7, 11) is 0. The van der Waals surface area contributed by atoms with Crippen LogP contribution in [-0.4, -0.2) is 32.6 Å². The van der Waals surface area contributed by atoms with E-state index in [1.807, 2.05) is 40.0 Å². The van der Waals surface area contributed by atoms with Crippen LogP contribution in [0.3, 0.4) is 0 Å². The van der Waals surface area contributed by atoms with E-state index < -0.39 is 0 Å². The van der Waals surface area contributed by atoms with Crippen LogP contribution in [0, 0.1) is 33.6 Å². The molecule has 2 N–H and O–H groups in total. The maximum Gasteiger partial charge on any atom is 0.261 e. The Kier molecular flexibility index (Phi) is 6.21. The monoisotopic (exact) mass is 435 g/mol. The molecule has 8 nitrogen and oxygen atoms in total. The molecule has 0 aliphatic heterocycles. The number of aryl methyl sites for hydroxylation is 4. The van der Waals surface area contributed by atoms with Gasteiger partial charge in [0.05, 0.1) is 17.0 Å². The van der Waals surface area contributed by atoms with Gasteiger partial charge in [-0.15, -0.1) is 0 Å². The highest BCUT2D eigenvalue weighted by molar-refractivity contribution is 5.94. The molecule has 1 fully saturated rings. The van der Waals surface area contributed by atoms with E-state index >= 15 is 0 Å². The average molecular weight is 436 g/mol. The summed E-state index contributed by atoms with van der Waals surface area (Å²) < 4.78 is 5.47. The van der Waals surface area contributed by atoms with E-state index in [2.05, 4.69) is 20.4 Å². The zero-order valence-electron chi connectivity index (χ0n) is 19.0. The topological polar surface area (TPSA) is 114 Å². The van der Waals surface area contributed by atoms with E-state index in [0.29, 0.717) is 24.1 Å². The molecule has 0 aromatic carbocycles. The molecule has 0 bridgehead atoms. The van der Waals surface area contributed by atoms with Crippen LogP contribution in [0.5, 0.6) is 0 Å². The van der Waals surface area contributed by atoms with Crippen molar-refractivity contribution >= 4 is 5.91 Å². The minimum absolute atomic E-state index is 0.172. The number of carbonyl (C=O) groups is 1. The Morgan fingerprint density at radius 3 is 2.59 bits per heavy atom. The van der Waals surface area contributed by atoms with Crippen LogP contribution >= 0.6 is 0 Å². The van der Waals surface area contributed by atoms with Crippen molar-refractivity contribution in [1.29, 1.82) is 0 Å². The van der Waals surface area contributed by atoms with Gasteiger partial charge in [-0.1, -0.05) is 5.16 Å². The third kappa shape index (κ3) is 4.64. The fourth-order valence-electron chi connectivity index (χ4n) is 4.35. The van der Waals surface area contributed by atoms with E-state index in [-0.39, 0.29) is 17.0 Å². The molecule has 4 rings (SSSR count). The number of nitrogens with zero attached hydrogens (tertiary/aromatic N) is 3. The Morgan fingerprint density at radius 2 is 1.91 bits per heavy atom. The Bertz CT molecular complexity index is 1190. The van der Waals surface area contributed by atoms with Crippen molar-refractivity contribution < 1.29 is 9.32 Å². The smallest absolute Gasteiger partial charge is 0.261 e. The Labute approximate surface area is 186 Å². The first-order valence-electron chi connectivity index (χ1n) is 11.1. The number of nitrogens with one attached hydrogen (secondary N) is 2. The van der Waals surface area contributed by atoms with Crippen LogP contribution in [0.1, 0.15) is 70.4 Å². The molecule has 8 heteroatoms. The highest BCUT2D eigenvalue weighted by Gasteiger charge is 2.27. The largest absolute Gasteiger partial charge is 0.356 e. The lowest BCUT2D eigenvalue weighted by Crippen LogP contribution is -2.34. The molecule has 1 aliphatic rings. The number of aromatic nitrogens is 4. The van der Waals surface area contributed by atoms with Crippen molar-refractivity contribution in [3.8, 4) is 11.3 Å². The van der Waals surface area contributed by atoms with Gasteiger partial charge < -0.3 is 14.8 Å². The number of hydrogen-bond donors (Lipinski definition) is 2. The van der Waals surface area contributed by atoms with Crippen LogP contribution in [-0.2, 0) is 0 Å². The summed E-state index contributed by atoms with van der Waals surface area (Å²) in [6.45, 7) is 8.06. The van der Waals surface area contributed by atoms with Gasteiger partial charge in [-0.25, -0.2) is 9.97 Å². The van der Waals surface area contributed by atoms with Crippen LogP contribution < -0.4 is 10.9 Å². The molecule has 0 saturated heterocycles. The molecule has 3 aromatic heterocycles. The maximum atomic E-state index is 12.5. The zero-order chi connectivity index (χ0) is 22.8. The first kappa shape index (κ1) is 21.9. The Balaban J connectivity index is 1.39. The van der Waals surface area contributed by atoms with Gasteiger partial charge in [-0.05, 0) is 70.9 Å². The number of rotatable bonds is 5. The number of H-pyrrole nitrogens is 1. The second-order valence-corrected chi connectivity index (χ2v) is 8.80. The van der Waals surface area contributed by atoms with E-state index in [1.54, 1.807) is 6.07 Å². The summed E-state index contributed by atoms with van der Waals surface area (Å²) in [5.74, 6) is 1.82. The molecular formula is C24H29N5O3. The minimum Gasteiger partial charge on any atom is -0.356 e. The normalized spacial score (nSPS) is 18.5. The lowest BCUT2D eigenvalue weighted by atomic mass is 9.79. The van der Waals surface area contributed by atoms with Crippen molar-refractivity contribution in [2.45, 2.75) is 59.3 Å². The lowest BCUT2D eigenvalue weighted by molar-refractivity contribution is 0.0941. The summed E-state index contributed by atoms with van der Waals surface area (Å²) in [5, 5.41) is 6.95. The fraction of sp³-hybridized carbons (Fsp3) is 0.458. The molecule has 1 saturated carbocycles. The molecular weight excluding hydrogens is 406 g/mol. The molecule has 1 aliphatic carbocycles. The first-order chi connectivity index (χ1) is 15.3. The summed E-state index contributed by atoms with van der Waals surface area (Å²) in [5.41, 5.74) is 4.25. The van der Waals surface area contributed by atoms with Gasteiger partial charge in [0.1, 0.15) is 11.4 Å². The Hall–Kier alpha value is -3.29. The van der Waals surface area contributed by atoms with Gasteiger partial charge >= 0.3 is 0 Å². The number of pyridine rings is 1. The molecule has 0 radical (unpaired) electrons. The van der Waals surface area contributed by atoms with Gasteiger partial charge in [-0.3, -0.25) is 9.59 Å². The highest BCUT2D eigenvalue weighted by Crippen LogP contribution is 2.38. The predicted octanol–water partition coefficient (Wildman–Crippen LogP) is 3.76. The van der Waals surface area contributed by atoms with Gasteiger partial charge in [0.25, 0.3) is 11.5 Å². The average Bonchev–Trinajstić information content (AvgIpc) is 3.21. The van der Waals surface area contributed by atoms with Gasteiger partial charge in [0.15, 0.2) is 5.76 Å². The molecule has 0 atom stereocenters. The highest BCUT2D eigenvalue weighted by atomic mass is 16.5. The van der Waals surface area contributed by atoms with Crippen molar-refractivity contribution in [2.75, 3.05) is 6.54 Å². The number of amides is 1. The molecule has 1 amide bonds. The van der Waals surface area contributed by atoms with Crippen LogP contribution in [0.25, 0.3) is 11.3 Å². The summed E-state index contributed by atoms with van der Waals surface area (Å²) in [6, 6.07) is 3.57. The van der Waals surface area contributed by atoms with E-state index in [4.69, 9.17) is 9.51 Å². The van der Waals surface area contributed by atoms with E-state index in [1.165, 1.54) is 0 Å². The molecule has 3 heterocycles.